The second-order valence-corrected chi connectivity index (χ2v) is 4.86. The van der Waals surface area contributed by atoms with Gasteiger partial charge in [0.1, 0.15) is 13.2 Å². The van der Waals surface area contributed by atoms with Crippen LogP contribution in [0.25, 0.3) is 0 Å². The first-order valence-corrected chi connectivity index (χ1v) is 6.84. The molecule has 2 N–H and O–H groups in total. The maximum atomic E-state index is 9.77. The van der Waals surface area contributed by atoms with Crippen molar-refractivity contribution in [3.8, 4) is 11.5 Å². The van der Waals surface area contributed by atoms with Crippen molar-refractivity contribution in [2.24, 2.45) is 0 Å². The van der Waals surface area contributed by atoms with Crippen LogP contribution in [-0.2, 0) is 0 Å². The normalized spacial score (nSPS) is 20.1. The van der Waals surface area contributed by atoms with E-state index in [0.717, 1.165) is 43.2 Å². The lowest BCUT2D eigenvalue weighted by molar-refractivity contribution is 0.103. The van der Waals surface area contributed by atoms with E-state index in [4.69, 9.17) is 9.47 Å². The molecule has 2 aliphatic rings. The van der Waals surface area contributed by atoms with E-state index in [-0.39, 0.29) is 25.1 Å². The number of halogens is 1. The molecule has 6 heteroatoms. The third-order valence-corrected chi connectivity index (χ3v) is 3.72. The largest absolute Gasteiger partial charge is 0.486 e. The molecule has 0 bridgehead atoms. The highest BCUT2D eigenvalue weighted by atomic mass is 35.5. The van der Waals surface area contributed by atoms with E-state index < -0.39 is 0 Å². The molecule has 2 aliphatic heterocycles. The number of para-hydroxylation sites is 1. The summed E-state index contributed by atoms with van der Waals surface area (Å²) in [6.45, 7) is 5.06. The van der Waals surface area contributed by atoms with Crippen molar-refractivity contribution < 1.29 is 14.6 Å². The van der Waals surface area contributed by atoms with Gasteiger partial charge in [-0.05, 0) is 6.07 Å². The summed E-state index contributed by atoms with van der Waals surface area (Å²) in [7, 11) is 0. The first kappa shape index (κ1) is 15.4. The summed E-state index contributed by atoms with van der Waals surface area (Å²) in [5, 5.41) is 13.1. The smallest absolute Gasteiger partial charge is 0.166 e. The molecule has 0 saturated carbocycles. The molecule has 0 aromatic heterocycles. The SMILES string of the molecule is Cl.OC[C@@H](c1cccc2c1OCCO2)N1CCNCC1. The Hall–Kier alpha value is -1.01. The van der Waals surface area contributed by atoms with Gasteiger partial charge in [0.2, 0.25) is 0 Å². The molecule has 1 saturated heterocycles. The van der Waals surface area contributed by atoms with Gasteiger partial charge in [0, 0.05) is 31.7 Å². The minimum absolute atomic E-state index is 0. The van der Waals surface area contributed by atoms with Crippen molar-refractivity contribution in [1.29, 1.82) is 0 Å². The maximum absolute atomic E-state index is 9.77. The Balaban J connectivity index is 0.00000147. The van der Waals surface area contributed by atoms with Crippen LogP contribution in [0.4, 0.5) is 0 Å². The zero-order valence-electron chi connectivity index (χ0n) is 11.4. The van der Waals surface area contributed by atoms with Crippen LogP contribution in [0.3, 0.4) is 0 Å². The number of aliphatic hydroxyl groups is 1. The molecule has 1 atom stereocenters. The van der Waals surface area contributed by atoms with Crippen LogP contribution in [0.2, 0.25) is 0 Å². The van der Waals surface area contributed by atoms with Crippen LogP contribution >= 0.6 is 12.4 Å². The Morgan fingerprint density at radius 1 is 1.20 bits per heavy atom. The second-order valence-electron chi connectivity index (χ2n) is 4.86. The first-order valence-electron chi connectivity index (χ1n) is 6.84. The molecule has 0 unspecified atom stereocenters. The molecule has 0 spiro atoms. The minimum Gasteiger partial charge on any atom is -0.486 e. The van der Waals surface area contributed by atoms with Crippen molar-refractivity contribution in [2.75, 3.05) is 46.0 Å². The van der Waals surface area contributed by atoms with Gasteiger partial charge >= 0.3 is 0 Å². The molecule has 2 heterocycles. The summed E-state index contributed by atoms with van der Waals surface area (Å²) in [5.74, 6) is 1.59. The highest BCUT2D eigenvalue weighted by Gasteiger charge is 2.27. The van der Waals surface area contributed by atoms with Gasteiger partial charge in [0.15, 0.2) is 11.5 Å². The van der Waals surface area contributed by atoms with Gasteiger partial charge in [-0.15, -0.1) is 12.4 Å². The van der Waals surface area contributed by atoms with Crippen molar-refractivity contribution in [2.45, 2.75) is 6.04 Å². The standard InChI is InChI=1S/C14H20N2O3.ClH/c17-10-12(16-6-4-15-5-7-16)11-2-1-3-13-14(11)19-9-8-18-13;/h1-3,12,15,17H,4-10H2;1H/t12-;/m0./s1. The maximum Gasteiger partial charge on any atom is 0.166 e. The third kappa shape index (κ3) is 3.01. The zero-order valence-corrected chi connectivity index (χ0v) is 12.2. The van der Waals surface area contributed by atoms with E-state index >= 15 is 0 Å². The summed E-state index contributed by atoms with van der Waals surface area (Å²) in [4.78, 5) is 2.30. The minimum atomic E-state index is -0.0150. The molecule has 1 fully saturated rings. The highest BCUT2D eigenvalue weighted by Crippen LogP contribution is 2.38. The number of aliphatic hydroxyl groups excluding tert-OH is 1. The van der Waals surface area contributed by atoms with Crippen molar-refractivity contribution >= 4 is 12.4 Å². The summed E-state index contributed by atoms with van der Waals surface area (Å²) in [6.07, 6.45) is 0. The topological polar surface area (TPSA) is 54.0 Å². The number of nitrogens with zero attached hydrogens (tertiary/aromatic N) is 1. The molecule has 1 aromatic rings. The molecule has 3 rings (SSSR count). The molecule has 112 valence electrons. The monoisotopic (exact) mass is 300 g/mol. The predicted octanol–water partition coefficient (Wildman–Crippen LogP) is 0.818. The summed E-state index contributed by atoms with van der Waals surface area (Å²) >= 11 is 0. The molecule has 20 heavy (non-hydrogen) atoms. The second kappa shape index (κ2) is 7.13. The number of ether oxygens (including phenoxy) is 2. The highest BCUT2D eigenvalue weighted by molar-refractivity contribution is 5.85. The van der Waals surface area contributed by atoms with E-state index in [1.807, 2.05) is 18.2 Å². The molecule has 5 nitrogen and oxygen atoms in total. The number of piperazine rings is 1. The summed E-state index contributed by atoms with van der Waals surface area (Å²) in [6, 6.07) is 5.90. The lowest BCUT2D eigenvalue weighted by Gasteiger charge is -2.35. The quantitative estimate of drug-likeness (QED) is 0.865. The Morgan fingerprint density at radius 2 is 1.95 bits per heavy atom. The van der Waals surface area contributed by atoms with Crippen LogP contribution in [0.1, 0.15) is 11.6 Å². The van der Waals surface area contributed by atoms with E-state index in [2.05, 4.69) is 10.2 Å². The number of hydrogen-bond acceptors (Lipinski definition) is 5. The van der Waals surface area contributed by atoms with Crippen LogP contribution in [0, 0.1) is 0 Å². The molecule has 1 aromatic carbocycles. The van der Waals surface area contributed by atoms with Gasteiger partial charge in [-0.3, -0.25) is 4.90 Å². The van der Waals surface area contributed by atoms with Gasteiger partial charge in [0.25, 0.3) is 0 Å². The summed E-state index contributed by atoms with van der Waals surface area (Å²) < 4.78 is 11.4. The number of nitrogens with one attached hydrogen (secondary N) is 1. The summed E-state index contributed by atoms with van der Waals surface area (Å²) in [5.41, 5.74) is 1.03. The van der Waals surface area contributed by atoms with Gasteiger partial charge in [-0.25, -0.2) is 0 Å². The lowest BCUT2D eigenvalue weighted by Crippen LogP contribution is -2.46. The average molecular weight is 301 g/mol. The van der Waals surface area contributed by atoms with Gasteiger partial charge in [0.05, 0.1) is 12.6 Å². The number of hydrogen-bond donors (Lipinski definition) is 2. The van der Waals surface area contributed by atoms with Gasteiger partial charge in [-0.2, -0.15) is 0 Å². The number of benzene rings is 1. The molecular formula is C14H21ClN2O3. The lowest BCUT2D eigenvalue weighted by atomic mass is 10.0. The Bertz CT molecular complexity index is 438. The Labute approximate surface area is 125 Å². The van der Waals surface area contributed by atoms with E-state index in [1.54, 1.807) is 0 Å². The first-order chi connectivity index (χ1) is 9.40. The predicted molar refractivity (Wildman–Crippen MR) is 78.9 cm³/mol. The fraction of sp³-hybridized carbons (Fsp3) is 0.571. The fourth-order valence-electron chi connectivity index (χ4n) is 2.76. The molecule has 0 aliphatic carbocycles. The molecular weight excluding hydrogens is 280 g/mol. The van der Waals surface area contributed by atoms with Crippen molar-refractivity contribution in [3.05, 3.63) is 23.8 Å². The number of fused-ring (bicyclic) bond motifs is 1. The zero-order chi connectivity index (χ0) is 13.1. The molecule has 0 amide bonds. The molecule has 0 radical (unpaired) electrons. The Morgan fingerprint density at radius 3 is 2.70 bits per heavy atom. The van der Waals surface area contributed by atoms with Crippen LogP contribution in [0.5, 0.6) is 11.5 Å². The number of rotatable bonds is 3. The fourth-order valence-corrected chi connectivity index (χ4v) is 2.76. The third-order valence-electron chi connectivity index (χ3n) is 3.72. The van der Waals surface area contributed by atoms with Crippen molar-refractivity contribution in [1.82, 2.24) is 10.2 Å². The van der Waals surface area contributed by atoms with Crippen LogP contribution in [0.15, 0.2) is 18.2 Å². The van der Waals surface area contributed by atoms with Gasteiger partial charge in [-0.1, -0.05) is 12.1 Å². The van der Waals surface area contributed by atoms with Crippen molar-refractivity contribution in [3.63, 3.8) is 0 Å². The van der Waals surface area contributed by atoms with Gasteiger partial charge < -0.3 is 19.9 Å². The van der Waals surface area contributed by atoms with Crippen LogP contribution < -0.4 is 14.8 Å². The Kier molecular flexibility index (Phi) is 5.48. The van der Waals surface area contributed by atoms with E-state index in [0.29, 0.717) is 13.2 Å². The van der Waals surface area contributed by atoms with E-state index in [9.17, 15) is 5.11 Å². The van der Waals surface area contributed by atoms with Crippen LogP contribution in [-0.4, -0.2) is 56.0 Å². The van der Waals surface area contributed by atoms with E-state index in [1.165, 1.54) is 0 Å². The average Bonchev–Trinajstić information content (AvgIpc) is 2.49.